The Balaban J connectivity index is 2.20. The second kappa shape index (κ2) is 9.73. The lowest BCUT2D eigenvalue weighted by atomic mass is 10.0. The van der Waals surface area contributed by atoms with Crippen molar-refractivity contribution in [2.24, 2.45) is 5.92 Å². The average molecular weight is 406 g/mol. The number of aromatic nitrogens is 2. The Kier molecular flexibility index (Phi) is 7.62. The van der Waals surface area contributed by atoms with Gasteiger partial charge in [-0.25, -0.2) is 9.78 Å². The summed E-state index contributed by atoms with van der Waals surface area (Å²) in [6, 6.07) is 6.37. The van der Waals surface area contributed by atoms with E-state index in [1.807, 2.05) is 33.8 Å². The fraction of sp³-hybridized carbons (Fsp3) is 0.500. The number of benzene rings is 1. The van der Waals surface area contributed by atoms with E-state index in [-0.39, 0.29) is 29.2 Å². The molecule has 0 radical (unpaired) electrons. The van der Waals surface area contributed by atoms with E-state index in [9.17, 15) is 14.4 Å². The number of nitrogens with one attached hydrogen (secondary N) is 1. The molecule has 7 nitrogen and oxygen atoms in total. The van der Waals surface area contributed by atoms with Gasteiger partial charge < -0.3 is 10.1 Å². The molecule has 2 aromatic rings. The smallest absolute Gasteiger partial charge is 0.328 e. The van der Waals surface area contributed by atoms with Crippen LogP contribution in [0.5, 0.6) is 0 Å². The quantitative estimate of drug-likeness (QED) is 0.413. The van der Waals surface area contributed by atoms with E-state index >= 15 is 0 Å². The highest BCUT2D eigenvalue weighted by molar-refractivity contribution is 7.99. The fourth-order valence-electron chi connectivity index (χ4n) is 2.88. The molecule has 0 fully saturated rings. The zero-order valence-corrected chi connectivity index (χ0v) is 17.7. The topological polar surface area (TPSA) is 90.3 Å². The minimum absolute atomic E-state index is 0.0447. The zero-order valence-electron chi connectivity index (χ0n) is 16.9. The number of nitrogens with zero attached hydrogens (tertiary/aromatic N) is 2. The number of amides is 1. The van der Waals surface area contributed by atoms with Crippen LogP contribution in [-0.2, 0) is 14.3 Å². The van der Waals surface area contributed by atoms with Gasteiger partial charge in [0.15, 0.2) is 5.16 Å². The van der Waals surface area contributed by atoms with Crippen molar-refractivity contribution in [3.63, 3.8) is 0 Å². The van der Waals surface area contributed by atoms with Crippen molar-refractivity contribution >= 4 is 34.5 Å². The number of carbonyl (C=O) groups excluding carboxylic acids is 2. The van der Waals surface area contributed by atoms with Crippen LogP contribution in [0.2, 0.25) is 0 Å². The number of ether oxygens (including phenoxy) is 1. The molecule has 0 aliphatic heterocycles. The van der Waals surface area contributed by atoms with Crippen LogP contribution in [0.1, 0.15) is 40.2 Å². The summed E-state index contributed by atoms with van der Waals surface area (Å²) in [6.07, 6.45) is 0.494. The molecule has 1 N–H and O–H groups in total. The van der Waals surface area contributed by atoms with Crippen LogP contribution in [0, 0.1) is 5.92 Å². The van der Waals surface area contributed by atoms with Crippen LogP contribution in [0.4, 0.5) is 0 Å². The molecule has 1 aromatic heterocycles. The summed E-state index contributed by atoms with van der Waals surface area (Å²) in [5.41, 5.74) is 0.468. The van der Waals surface area contributed by atoms with Crippen LogP contribution in [0.3, 0.4) is 0 Å². The number of hydrogen-bond acceptors (Lipinski definition) is 6. The Hall–Kier alpha value is -2.35. The van der Waals surface area contributed by atoms with Gasteiger partial charge in [-0.2, -0.15) is 0 Å². The standard InChI is InChI=1S/C20H27N3O4S/c1-12(2)10-16(19(26)27-5)21-17(24)11-28-20-22-15-9-7-6-8-14(15)18(25)23(20)13(3)4/h6-9,12-13,16H,10-11H2,1-5H3,(H,21,24)/t16-/m0/s1. The SMILES string of the molecule is COC(=O)[C@H](CC(C)C)NC(=O)CSc1nc2ccccc2c(=O)n1C(C)C. The van der Waals surface area contributed by atoms with Crippen molar-refractivity contribution in [3.8, 4) is 0 Å². The predicted octanol–water partition coefficient (Wildman–Crippen LogP) is 2.77. The first kappa shape index (κ1) is 21.9. The van der Waals surface area contributed by atoms with Gasteiger partial charge in [-0.05, 0) is 38.3 Å². The van der Waals surface area contributed by atoms with Gasteiger partial charge in [-0.1, -0.05) is 37.7 Å². The van der Waals surface area contributed by atoms with E-state index in [1.165, 1.54) is 18.9 Å². The lowest BCUT2D eigenvalue weighted by Crippen LogP contribution is -2.43. The summed E-state index contributed by atoms with van der Waals surface area (Å²) in [6.45, 7) is 7.74. The maximum Gasteiger partial charge on any atom is 0.328 e. The van der Waals surface area contributed by atoms with Crippen LogP contribution in [-0.4, -0.2) is 40.3 Å². The summed E-state index contributed by atoms with van der Waals surface area (Å²) in [5.74, 6) is -0.498. The summed E-state index contributed by atoms with van der Waals surface area (Å²) >= 11 is 1.18. The monoisotopic (exact) mass is 405 g/mol. The lowest BCUT2D eigenvalue weighted by molar-refractivity contribution is -0.145. The van der Waals surface area contributed by atoms with Crippen LogP contribution in [0.25, 0.3) is 10.9 Å². The third kappa shape index (κ3) is 5.34. The molecule has 0 aliphatic rings. The van der Waals surface area contributed by atoms with Crippen molar-refractivity contribution in [1.82, 2.24) is 14.9 Å². The van der Waals surface area contributed by atoms with E-state index in [4.69, 9.17) is 4.74 Å². The number of carbonyl (C=O) groups is 2. The first-order valence-electron chi connectivity index (χ1n) is 9.25. The number of hydrogen-bond donors (Lipinski definition) is 1. The van der Waals surface area contributed by atoms with E-state index < -0.39 is 12.0 Å². The van der Waals surface area contributed by atoms with Gasteiger partial charge in [0.05, 0.1) is 23.8 Å². The van der Waals surface area contributed by atoms with Gasteiger partial charge >= 0.3 is 5.97 Å². The van der Waals surface area contributed by atoms with Crippen LogP contribution >= 0.6 is 11.8 Å². The normalized spacial score (nSPS) is 12.4. The largest absolute Gasteiger partial charge is 0.467 e. The zero-order chi connectivity index (χ0) is 20.8. The number of fused-ring (bicyclic) bond motifs is 1. The first-order chi connectivity index (χ1) is 13.2. The Bertz CT molecular complexity index is 908. The molecule has 0 unspecified atom stereocenters. The summed E-state index contributed by atoms with van der Waals surface area (Å²) in [7, 11) is 1.30. The molecule has 0 aliphatic carbocycles. The third-order valence-electron chi connectivity index (χ3n) is 4.15. The highest BCUT2D eigenvalue weighted by atomic mass is 32.2. The molecule has 152 valence electrons. The molecule has 1 amide bonds. The number of para-hydroxylation sites is 1. The van der Waals surface area contributed by atoms with Crippen molar-refractivity contribution in [2.75, 3.05) is 12.9 Å². The summed E-state index contributed by atoms with van der Waals surface area (Å²) in [4.78, 5) is 41.7. The minimum atomic E-state index is -0.685. The average Bonchev–Trinajstić information content (AvgIpc) is 2.64. The predicted molar refractivity (Wildman–Crippen MR) is 111 cm³/mol. The molecular weight excluding hydrogens is 378 g/mol. The van der Waals surface area contributed by atoms with Gasteiger partial charge in [0.2, 0.25) is 5.91 Å². The molecule has 1 aromatic carbocycles. The molecule has 1 heterocycles. The third-order valence-corrected chi connectivity index (χ3v) is 5.10. The molecule has 0 saturated carbocycles. The fourth-order valence-corrected chi connectivity index (χ4v) is 3.82. The molecule has 0 bridgehead atoms. The van der Waals surface area contributed by atoms with Crippen LogP contribution < -0.4 is 10.9 Å². The number of thioether (sulfide) groups is 1. The second-order valence-electron chi connectivity index (χ2n) is 7.24. The summed E-state index contributed by atoms with van der Waals surface area (Å²) in [5, 5.41) is 3.75. The maximum atomic E-state index is 12.8. The Morgan fingerprint density at radius 3 is 2.50 bits per heavy atom. The number of esters is 1. The Morgan fingerprint density at radius 1 is 1.21 bits per heavy atom. The maximum absolute atomic E-state index is 12.8. The highest BCUT2D eigenvalue weighted by Crippen LogP contribution is 2.21. The Labute approximate surface area is 168 Å². The van der Waals surface area contributed by atoms with Gasteiger partial charge in [-0.15, -0.1) is 0 Å². The van der Waals surface area contributed by atoms with E-state index in [0.717, 1.165) is 0 Å². The molecular formula is C20H27N3O4S. The van der Waals surface area contributed by atoms with Gasteiger partial charge in [-0.3, -0.25) is 14.2 Å². The second-order valence-corrected chi connectivity index (χ2v) is 8.18. The van der Waals surface area contributed by atoms with Crippen molar-refractivity contribution in [2.45, 2.75) is 51.4 Å². The van der Waals surface area contributed by atoms with Crippen molar-refractivity contribution < 1.29 is 14.3 Å². The van der Waals surface area contributed by atoms with Gasteiger partial charge in [0.1, 0.15) is 6.04 Å². The summed E-state index contributed by atoms with van der Waals surface area (Å²) < 4.78 is 6.36. The van der Waals surface area contributed by atoms with Crippen molar-refractivity contribution in [3.05, 3.63) is 34.6 Å². The Morgan fingerprint density at radius 2 is 1.89 bits per heavy atom. The molecule has 2 rings (SSSR count). The molecule has 0 saturated heterocycles. The highest BCUT2D eigenvalue weighted by Gasteiger charge is 2.23. The van der Waals surface area contributed by atoms with Gasteiger partial charge in [0.25, 0.3) is 5.56 Å². The van der Waals surface area contributed by atoms with E-state index in [0.29, 0.717) is 22.5 Å². The molecule has 28 heavy (non-hydrogen) atoms. The molecule has 0 spiro atoms. The van der Waals surface area contributed by atoms with E-state index in [2.05, 4.69) is 10.3 Å². The van der Waals surface area contributed by atoms with Gasteiger partial charge in [0, 0.05) is 6.04 Å². The molecule has 8 heteroatoms. The molecule has 1 atom stereocenters. The number of methoxy groups -OCH3 is 1. The lowest BCUT2D eigenvalue weighted by Gasteiger charge is -2.19. The minimum Gasteiger partial charge on any atom is -0.467 e. The number of rotatable bonds is 8. The van der Waals surface area contributed by atoms with Crippen LogP contribution in [0.15, 0.2) is 34.2 Å². The van der Waals surface area contributed by atoms with E-state index in [1.54, 1.807) is 22.8 Å². The van der Waals surface area contributed by atoms with Crippen molar-refractivity contribution in [1.29, 1.82) is 0 Å². The first-order valence-corrected chi connectivity index (χ1v) is 10.2.